The van der Waals surface area contributed by atoms with Gasteiger partial charge in [0.05, 0.1) is 12.5 Å². The average Bonchev–Trinajstić information content (AvgIpc) is 3.25. The fraction of sp³-hybridized carbons (Fsp3) is 0.500. The van der Waals surface area contributed by atoms with Crippen LogP contribution >= 0.6 is 0 Å². The Balaban J connectivity index is 1.69. The lowest BCUT2D eigenvalue weighted by Crippen LogP contribution is -2.34. The Morgan fingerprint density at radius 3 is 2.80 bits per heavy atom. The molecular weight excluding hydrogens is 316 g/mol. The van der Waals surface area contributed by atoms with E-state index in [0.717, 1.165) is 36.7 Å². The number of unbranched alkanes of at least 4 members (excludes halogenated alkanes) is 1. The molecule has 1 aliphatic carbocycles. The molecule has 1 fully saturated rings. The van der Waals surface area contributed by atoms with Crippen molar-refractivity contribution < 1.29 is 14.3 Å². The fourth-order valence-electron chi connectivity index (χ4n) is 3.25. The van der Waals surface area contributed by atoms with Crippen molar-refractivity contribution >= 4 is 22.8 Å². The number of aromatic nitrogens is 1. The second kappa shape index (κ2) is 7.72. The molecule has 5 heteroatoms. The quantitative estimate of drug-likeness (QED) is 0.746. The number of hydrogen-bond donors (Lipinski definition) is 1. The number of nitrogens with one attached hydrogen (secondary N) is 1. The zero-order chi connectivity index (χ0) is 17.8. The monoisotopic (exact) mass is 342 g/mol. The second-order valence-corrected chi connectivity index (χ2v) is 6.73. The Hall–Kier alpha value is -2.30. The summed E-state index contributed by atoms with van der Waals surface area (Å²) in [5, 5.41) is 1.04. The van der Waals surface area contributed by atoms with Crippen LogP contribution in [0.4, 0.5) is 0 Å². The highest BCUT2D eigenvalue weighted by atomic mass is 16.5. The molecule has 0 unspecified atom stereocenters. The van der Waals surface area contributed by atoms with Crippen molar-refractivity contribution in [2.75, 3.05) is 19.7 Å². The van der Waals surface area contributed by atoms with E-state index in [9.17, 15) is 9.59 Å². The predicted molar refractivity (Wildman–Crippen MR) is 97.3 cm³/mol. The average molecular weight is 342 g/mol. The first-order valence-electron chi connectivity index (χ1n) is 9.17. The minimum absolute atomic E-state index is 0.0131. The maximum Gasteiger partial charge on any atom is 0.309 e. The summed E-state index contributed by atoms with van der Waals surface area (Å²) in [6.45, 7) is 5.69. The van der Waals surface area contributed by atoms with Crippen LogP contribution in [0.2, 0.25) is 0 Å². The molecule has 0 bridgehead atoms. The largest absolute Gasteiger partial charge is 0.466 e. The summed E-state index contributed by atoms with van der Waals surface area (Å²) in [5.41, 5.74) is 1.59. The number of amides is 1. The molecule has 5 nitrogen and oxygen atoms in total. The van der Waals surface area contributed by atoms with Crippen LogP contribution < -0.4 is 0 Å². The molecule has 1 aliphatic rings. The van der Waals surface area contributed by atoms with Gasteiger partial charge in [-0.1, -0.05) is 31.5 Å². The minimum Gasteiger partial charge on any atom is -0.466 e. The van der Waals surface area contributed by atoms with Gasteiger partial charge in [-0.25, -0.2) is 0 Å². The number of benzene rings is 1. The van der Waals surface area contributed by atoms with E-state index in [0.29, 0.717) is 18.8 Å². The Bertz CT molecular complexity index is 719. The van der Waals surface area contributed by atoms with Gasteiger partial charge in [0.2, 0.25) is 0 Å². The zero-order valence-corrected chi connectivity index (χ0v) is 15.0. The molecule has 2 aromatic rings. The lowest BCUT2D eigenvalue weighted by molar-refractivity contribution is -0.145. The van der Waals surface area contributed by atoms with E-state index in [2.05, 4.69) is 11.9 Å². The highest BCUT2D eigenvalue weighted by Crippen LogP contribution is 2.40. The Kier molecular flexibility index (Phi) is 5.41. The molecule has 1 amide bonds. The summed E-state index contributed by atoms with van der Waals surface area (Å²) < 4.78 is 5.10. The maximum atomic E-state index is 13.0. The highest BCUT2D eigenvalue weighted by molar-refractivity contribution is 5.98. The van der Waals surface area contributed by atoms with E-state index in [-0.39, 0.29) is 23.7 Å². The van der Waals surface area contributed by atoms with Crippen LogP contribution in [0.1, 0.15) is 43.6 Å². The third-order valence-corrected chi connectivity index (χ3v) is 4.80. The Morgan fingerprint density at radius 1 is 1.28 bits per heavy atom. The van der Waals surface area contributed by atoms with Gasteiger partial charge >= 0.3 is 5.97 Å². The summed E-state index contributed by atoms with van der Waals surface area (Å²) in [5.74, 6) is 0.0731. The molecular formula is C20H26N2O3. The molecule has 1 heterocycles. The standard InChI is InChI=1S/C20H26N2O3/c1-3-5-10-22(13-15-11-16(15)20(24)25-4-2)19(23)18-12-14-8-6-7-9-17(14)21-18/h6-9,12,15-16,21H,3-5,10-11,13H2,1-2H3/t15-,16-/m0/s1. The van der Waals surface area contributed by atoms with Crippen LogP contribution in [0.3, 0.4) is 0 Å². The number of esters is 1. The normalized spacial score (nSPS) is 19.0. The van der Waals surface area contributed by atoms with E-state index in [1.54, 1.807) is 0 Å². The van der Waals surface area contributed by atoms with Gasteiger partial charge < -0.3 is 14.6 Å². The van der Waals surface area contributed by atoms with E-state index in [1.807, 2.05) is 42.2 Å². The van der Waals surface area contributed by atoms with Crippen molar-refractivity contribution in [1.82, 2.24) is 9.88 Å². The van der Waals surface area contributed by atoms with E-state index < -0.39 is 0 Å². The van der Waals surface area contributed by atoms with Crippen molar-refractivity contribution in [2.24, 2.45) is 11.8 Å². The number of hydrogen-bond acceptors (Lipinski definition) is 3. The van der Waals surface area contributed by atoms with Crippen molar-refractivity contribution in [1.29, 1.82) is 0 Å². The molecule has 134 valence electrons. The SMILES string of the molecule is CCCCN(C[C@@H]1C[C@@H]1C(=O)OCC)C(=O)c1cc2ccccc2[nH]1. The molecule has 1 aromatic carbocycles. The first-order valence-corrected chi connectivity index (χ1v) is 9.17. The van der Waals surface area contributed by atoms with Crippen molar-refractivity contribution in [2.45, 2.75) is 33.1 Å². The van der Waals surface area contributed by atoms with Crippen LogP contribution in [-0.2, 0) is 9.53 Å². The Morgan fingerprint density at radius 2 is 2.08 bits per heavy atom. The molecule has 1 aromatic heterocycles. The summed E-state index contributed by atoms with van der Waals surface area (Å²) in [6, 6.07) is 9.80. The van der Waals surface area contributed by atoms with Gasteiger partial charge in [0.15, 0.2) is 0 Å². The van der Waals surface area contributed by atoms with Gasteiger partial charge in [-0.05, 0) is 37.8 Å². The van der Waals surface area contributed by atoms with Gasteiger partial charge in [0.25, 0.3) is 5.91 Å². The molecule has 1 saturated carbocycles. The van der Waals surface area contributed by atoms with Gasteiger partial charge in [-0.15, -0.1) is 0 Å². The third kappa shape index (κ3) is 4.03. The summed E-state index contributed by atoms with van der Waals surface area (Å²) >= 11 is 0. The smallest absolute Gasteiger partial charge is 0.309 e. The van der Waals surface area contributed by atoms with Crippen LogP contribution in [-0.4, -0.2) is 41.5 Å². The number of H-pyrrole nitrogens is 1. The van der Waals surface area contributed by atoms with E-state index >= 15 is 0 Å². The molecule has 0 saturated heterocycles. The van der Waals surface area contributed by atoms with E-state index in [4.69, 9.17) is 4.74 Å². The molecule has 0 spiro atoms. The number of para-hydroxylation sites is 1. The molecule has 1 N–H and O–H groups in total. The molecule has 3 rings (SSSR count). The van der Waals surface area contributed by atoms with Gasteiger partial charge in [-0.3, -0.25) is 9.59 Å². The fourth-order valence-corrected chi connectivity index (χ4v) is 3.25. The lowest BCUT2D eigenvalue weighted by atomic mass is 10.2. The Labute approximate surface area is 148 Å². The van der Waals surface area contributed by atoms with Crippen molar-refractivity contribution in [3.63, 3.8) is 0 Å². The number of aromatic amines is 1. The number of carbonyl (C=O) groups is 2. The summed E-state index contributed by atoms with van der Waals surface area (Å²) in [4.78, 5) is 29.9. The maximum absolute atomic E-state index is 13.0. The zero-order valence-electron chi connectivity index (χ0n) is 15.0. The third-order valence-electron chi connectivity index (χ3n) is 4.80. The van der Waals surface area contributed by atoms with Gasteiger partial charge in [-0.2, -0.15) is 0 Å². The number of ether oxygens (including phenoxy) is 1. The van der Waals surface area contributed by atoms with Crippen LogP contribution in [0, 0.1) is 11.8 Å². The summed E-state index contributed by atoms with van der Waals surface area (Å²) in [7, 11) is 0. The van der Waals surface area contributed by atoms with Gasteiger partial charge in [0.1, 0.15) is 5.69 Å². The molecule has 2 atom stereocenters. The molecule has 0 radical (unpaired) electrons. The van der Waals surface area contributed by atoms with Crippen LogP contribution in [0.25, 0.3) is 10.9 Å². The van der Waals surface area contributed by atoms with Crippen molar-refractivity contribution in [3.05, 3.63) is 36.0 Å². The summed E-state index contributed by atoms with van der Waals surface area (Å²) in [6.07, 6.45) is 2.81. The lowest BCUT2D eigenvalue weighted by Gasteiger charge is -2.22. The number of fused-ring (bicyclic) bond motifs is 1. The van der Waals surface area contributed by atoms with Crippen LogP contribution in [0.5, 0.6) is 0 Å². The van der Waals surface area contributed by atoms with E-state index in [1.165, 1.54) is 0 Å². The first-order chi connectivity index (χ1) is 12.1. The van der Waals surface area contributed by atoms with Crippen LogP contribution in [0.15, 0.2) is 30.3 Å². The first kappa shape index (κ1) is 17.5. The number of carbonyl (C=O) groups excluding carboxylic acids is 2. The highest BCUT2D eigenvalue weighted by Gasteiger charge is 2.45. The minimum atomic E-state index is -0.124. The topological polar surface area (TPSA) is 62.4 Å². The number of rotatable bonds is 8. The van der Waals surface area contributed by atoms with Gasteiger partial charge in [0, 0.05) is 24.0 Å². The predicted octanol–water partition coefficient (Wildman–Crippen LogP) is 3.61. The number of nitrogens with zero attached hydrogens (tertiary/aromatic N) is 1. The van der Waals surface area contributed by atoms with Crippen molar-refractivity contribution in [3.8, 4) is 0 Å². The molecule has 25 heavy (non-hydrogen) atoms. The molecule has 0 aliphatic heterocycles. The second-order valence-electron chi connectivity index (χ2n) is 6.73.